The van der Waals surface area contributed by atoms with Gasteiger partial charge in [-0.1, -0.05) is 29.8 Å². The first kappa shape index (κ1) is 12.1. The molecular formula is C13H16ClN3. The first-order chi connectivity index (χ1) is 8.27. The van der Waals surface area contributed by atoms with E-state index < -0.39 is 0 Å². The maximum absolute atomic E-state index is 6.14. The lowest BCUT2D eigenvalue weighted by molar-refractivity contribution is 0.531. The van der Waals surface area contributed by atoms with Crippen LogP contribution in [0.1, 0.15) is 18.5 Å². The fourth-order valence-corrected chi connectivity index (χ4v) is 2.06. The van der Waals surface area contributed by atoms with Crippen molar-refractivity contribution in [1.82, 2.24) is 14.9 Å². The molecule has 4 heteroatoms. The molecule has 1 heterocycles. The third-order valence-electron chi connectivity index (χ3n) is 2.75. The zero-order valence-electron chi connectivity index (χ0n) is 9.81. The molecule has 0 radical (unpaired) electrons. The average Bonchev–Trinajstić information content (AvgIpc) is 2.82. The Hall–Kier alpha value is -1.32. The lowest BCUT2D eigenvalue weighted by atomic mass is 10.1. The third kappa shape index (κ3) is 3.32. The molecule has 90 valence electrons. The number of nitrogens with one attached hydrogen (secondary N) is 1. The van der Waals surface area contributed by atoms with E-state index in [-0.39, 0.29) is 6.04 Å². The second kappa shape index (κ2) is 5.84. The molecule has 17 heavy (non-hydrogen) atoms. The van der Waals surface area contributed by atoms with E-state index in [1.807, 2.05) is 35.3 Å². The second-order valence-electron chi connectivity index (χ2n) is 4.00. The van der Waals surface area contributed by atoms with Crippen LogP contribution in [0.25, 0.3) is 0 Å². The van der Waals surface area contributed by atoms with E-state index in [1.54, 1.807) is 6.20 Å². The van der Waals surface area contributed by atoms with Gasteiger partial charge in [0.2, 0.25) is 0 Å². The van der Waals surface area contributed by atoms with E-state index >= 15 is 0 Å². The fraction of sp³-hybridized carbons (Fsp3) is 0.308. The van der Waals surface area contributed by atoms with Gasteiger partial charge in [-0.25, -0.2) is 4.98 Å². The summed E-state index contributed by atoms with van der Waals surface area (Å²) in [4.78, 5) is 4.01. The predicted molar refractivity (Wildman–Crippen MR) is 70.1 cm³/mol. The second-order valence-corrected chi connectivity index (χ2v) is 4.41. The summed E-state index contributed by atoms with van der Waals surface area (Å²) in [5, 5.41) is 4.26. The minimum atomic E-state index is 0.257. The number of hydrogen-bond donors (Lipinski definition) is 1. The summed E-state index contributed by atoms with van der Waals surface area (Å²) in [7, 11) is 0. The van der Waals surface area contributed by atoms with Crippen molar-refractivity contribution in [3.05, 3.63) is 53.6 Å². The molecule has 0 saturated carbocycles. The van der Waals surface area contributed by atoms with Crippen LogP contribution in [-0.4, -0.2) is 16.1 Å². The van der Waals surface area contributed by atoms with Gasteiger partial charge in [0.25, 0.3) is 0 Å². The Labute approximate surface area is 106 Å². The number of aromatic nitrogens is 2. The maximum atomic E-state index is 6.14. The average molecular weight is 250 g/mol. The van der Waals surface area contributed by atoms with Crippen LogP contribution in [0.4, 0.5) is 0 Å². The van der Waals surface area contributed by atoms with Crippen molar-refractivity contribution in [2.45, 2.75) is 19.5 Å². The summed E-state index contributed by atoms with van der Waals surface area (Å²) in [6.45, 7) is 3.92. The number of hydrogen-bond acceptors (Lipinski definition) is 2. The minimum absolute atomic E-state index is 0.257. The molecule has 0 fully saturated rings. The molecule has 0 spiro atoms. The summed E-state index contributed by atoms with van der Waals surface area (Å²) >= 11 is 6.14. The number of nitrogens with zero attached hydrogens (tertiary/aromatic N) is 2. The molecule has 1 N–H and O–H groups in total. The van der Waals surface area contributed by atoms with Crippen LogP contribution in [0.2, 0.25) is 5.02 Å². The van der Waals surface area contributed by atoms with Crippen LogP contribution in [0.15, 0.2) is 43.0 Å². The molecule has 1 aromatic heterocycles. The van der Waals surface area contributed by atoms with Crippen LogP contribution in [0.5, 0.6) is 0 Å². The van der Waals surface area contributed by atoms with Gasteiger partial charge in [0.05, 0.1) is 6.33 Å². The van der Waals surface area contributed by atoms with E-state index in [2.05, 4.69) is 23.3 Å². The zero-order valence-corrected chi connectivity index (χ0v) is 10.6. The highest BCUT2D eigenvalue weighted by Crippen LogP contribution is 2.21. The van der Waals surface area contributed by atoms with Gasteiger partial charge in [-0.2, -0.15) is 0 Å². The molecule has 1 aromatic carbocycles. The van der Waals surface area contributed by atoms with Gasteiger partial charge in [0.15, 0.2) is 0 Å². The van der Waals surface area contributed by atoms with E-state index in [0.29, 0.717) is 0 Å². The van der Waals surface area contributed by atoms with E-state index in [0.717, 1.165) is 23.7 Å². The van der Waals surface area contributed by atoms with Crippen molar-refractivity contribution in [3.8, 4) is 0 Å². The van der Waals surface area contributed by atoms with Crippen LogP contribution in [0, 0.1) is 0 Å². The monoisotopic (exact) mass is 249 g/mol. The molecule has 0 aliphatic carbocycles. The molecule has 0 amide bonds. The van der Waals surface area contributed by atoms with E-state index in [4.69, 9.17) is 11.6 Å². The fourth-order valence-electron chi connectivity index (χ4n) is 1.77. The largest absolute Gasteiger partial charge is 0.336 e. The molecule has 2 rings (SSSR count). The van der Waals surface area contributed by atoms with Crippen molar-refractivity contribution in [1.29, 1.82) is 0 Å². The summed E-state index contributed by atoms with van der Waals surface area (Å²) in [6, 6.07) is 8.19. The number of halogens is 1. The number of rotatable bonds is 5. The van der Waals surface area contributed by atoms with Crippen molar-refractivity contribution in [3.63, 3.8) is 0 Å². The van der Waals surface area contributed by atoms with Crippen LogP contribution < -0.4 is 5.32 Å². The van der Waals surface area contributed by atoms with Gasteiger partial charge in [0, 0.05) is 36.5 Å². The first-order valence-electron chi connectivity index (χ1n) is 5.71. The SMILES string of the molecule is CC(NCCn1ccnc1)c1ccccc1Cl. The molecule has 0 aliphatic rings. The Bertz CT molecular complexity index is 453. The quantitative estimate of drug-likeness (QED) is 0.883. The molecule has 0 saturated heterocycles. The molecular weight excluding hydrogens is 234 g/mol. The Morgan fingerprint density at radius 3 is 2.94 bits per heavy atom. The molecule has 1 atom stereocenters. The molecule has 3 nitrogen and oxygen atoms in total. The molecule has 1 unspecified atom stereocenters. The van der Waals surface area contributed by atoms with E-state index in [9.17, 15) is 0 Å². The van der Waals surface area contributed by atoms with Crippen molar-refractivity contribution < 1.29 is 0 Å². The molecule has 0 aliphatic heterocycles. The topological polar surface area (TPSA) is 29.9 Å². The van der Waals surface area contributed by atoms with E-state index in [1.165, 1.54) is 0 Å². The third-order valence-corrected chi connectivity index (χ3v) is 3.10. The standard InChI is InChI=1S/C13H16ClN3/c1-11(12-4-2-3-5-13(12)14)16-7-9-17-8-6-15-10-17/h2-6,8,10-11,16H,7,9H2,1H3. The normalized spacial score (nSPS) is 12.6. The highest BCUT2D eigenvalue weighted by Gasteiger charge is 2.07. The first-order valence-corrected chi connectivity index (χ1v) is 6.08. The van der Waals surface area contributed by atoms with Gasteiger partial charge in [-0.15, -0.1) is 0 Å². The van der Waals surface area contributed by atoms with Crippen molar-refractivity contribution in [2.75, 3.05) is 6.54 Å². The van der Waals surface area contributed by atoms with Crippen LogP contribution in [-0.2, 0) is 6.54 Å². The predicted octanol–water partition coefficient (Wildman–Crippen LogP) is 2.89. The Kier molecular flexibility index (Phi) is 4.18. The summed E-state index contributed by atoms with van der Waals surface area (Å²) in [5.74, 6) is 0. The highest BCUT2D eigenvalue weighted by molar-refractivity contribution is 6.31. The molecule has 0 bridgehead atoms. The smallest absolute Gasteiger partial charge is 0.0946 e. The Morgan fingerprint density at radius 1 is 1.41 bits per heavy atom. The van der Waals surface area contributed by atoms with Crippen LogP contribution >= 0.6 is 11.6 Å². The van der Waals surface area contributed by atoms with Gasteiger partial charge in [0.1, 0.15) is 0 Å². The van der Waals surface area contributed by atoms with Gasteiger partial charge < -0.3 is 9.88 Å². The van der Waals surface area contributed by atoms with Crippen molar-refractivity contribution in [2.24, 2.45) is 0 Å². The lowest BCUT2D eigenvalue weighted by Crippen LogP contribution is -2.23. The van der Waals surface area contributed by atoms with Gasteiger partial charge in [-0.05, 0) is 18.6 Å². The van der Waals surface area contributed by atoms with Gasteiger partial charge >= 0.3 is 0 Å². The Morgan fingerprint density at radius 2 is 2.24 bits per heavy atom. The maximum Gasteiger partial charge on any atom is 0.0946 e. The van der Waals surface area contributed by atoms with Crippen LogP contribution in [0.3, 0.4) is 0 Å². The lowest BCUT2D eigenvalue weighted by Gasteiger charge is -2.15. The number of benzene rings is 1. The van der Waals surface area contributed by atoms with Gasteiger partial charge in [-0.3, -0.25) is 0 Å². The summed E-state index contributed by atoms with van der Waals surface area (Å²) in [5.41, 5.74) is 1.14. The number of imidazole rings is 1. The molecule has 2 aromatic rings. The highest BCUT2D eigenvalue weighted by atomic mass is 35.5. The minimum Gasteiger partial charge on any atom is -0.336 e. The summed E-state index contributed by atoms with van der Waals surface area (Å²) in [6.07, 6.45) is 5.57. The Balaban J connectivity index is 1.85. The zero-order chi connectivity index (χ0) is 12.1. The summed E-state index contributed by atoms with van der Waals surface area (Å²) < 4.78 is 2.05. The van der Waals surface area contributed by atoms with Crippen molar-refractivity contribution >= 4 is 11.6 Å².